The fourth-order valence-corrected chi connectivity index (χ4v) is 2.89. The maximum atomic E-state index is 11.8. The smallest absolute Gasteiger partial charge is 0.337 e. The maximum absolute atomic E-state index is 11.8. The maximum Gasteiger partial charge on any atom is 0.337 e. The average molecular weight is 369 g/mol. The quantitative estimate of drug-likeness (QED) is 0.300. The SMILES string of the molecule is C=C(C)C(C)(C)c1cc(C(=O)OC)ccc1NCCCCS(=O)(=O)O. The molecule has 0 spiro atoms. The van der Waals surface area contributed by atoms with Crippen LogP contribution in [-0.2, 0) is 20.3 Å². The van der Waals surface area contributed by atoms with Gasteiger partial charge in [0.15, 0.2) is 0 Å². The molecule has 1 rings (SSSR count). The molecule has 0 aliphatic rings. The minimum atomic E-state index is -3.92. The van der Waals surface area contributed by atoms with Crippen LogP contribution in [0.1, 0.15) is 49.5 Å². The second-order valence-electron chi connectivity index (χ2n) is 6.58. The molecule has 6 nitrogen and oxygen atoms in total. The van der Waals surface area contributed by atoms with E-state index in [2.05, 4.69) is 11.9 Å². The normalized spacial score (nSPS) is 11.9. The van der Waals surface area contributed by atoms with Crippen molar-refractivity contribution in [1.29, 1.82) is 0 Å². The van der Waals surface area contributed by atoms with Gasteiger partial charge in [-0.3, -0.25) is 4.55 Å². The van der Waals surface area contributed by atoms with Crippen LogP contribution in [0.25, 0.3) is 0 Å². The number of hydrogen-bond acceptors (Lipinski definition) is 5. The zero-order chi connectivity index (χ0) is 19.3. The van der Waals surface area contributed by atoms with Crippen LogP contribution >= 0.6 is 0 Å². The third-order valence-electron chi connectivity index (χ3n) is 4.33. The topological polar surface area (TPSA) is 92.7 Å². The molecule has 0 aromatic heterocycles. The molecule has 0 saturated carbocycles. The zero-order valence-corrected chi connectivity index (χ0v) is 16.1. The van der Waals surface area contributed by atoms with Gasteiger partial charge in [-0.15, -0.1) is 0 Å². The van der Waals surface area contributed by atoms with Gasteiger partial charge in [0.1, 0.15) is 0 Å². The Bertz CT molecular complexity index is 738. The van der Waals surface area contributed by atoms with Crippen molar-refractivity contribution in [2.24, 2.45) is 0 Å². The molecule has 1 aromatic carbocycles. The lowest BCUT2D eigenvalue weighted by atomic mass is 9.77. The first kappa shape index (κ1) is 21.2. The van der Waals surface area contributed by atoms with Gasteiger partial charge >= 0.3 is 5.97 Å². The van der Waals surface area contributed by atoms with Gasteiger partial charge in [-0.1, -0.05) is 26.0 Å². The minimum Gasteiger partial charge on any atom is -0.465 e. The van der Waals surface area contributed by atoms with Gasteiger partial charge in [-0.25, -0.2) is 4.79 Å². The second kappa shape index (κ2) is 8.49. The summed E-state index contributed by atoms with van der Waals surface area (Å²) in [6.45, 7) is 10.6. The molecule has 0 radical (unpaired) electrons. The fourth-order valence-electron chi connectivity index (χ4n) is 2.32. The van der Waals surface area contributed by atoms with Crippen molar-refractivity contribution < 1.29 is 22.5 Å². The van der Waals surface area contributed by atoms with Gasteiger partial charge in [0.05, 0.1) is 18.4 Å². The first-order chi connectivity index (χ1) is 11.5. The molecule has 0 unspecified atom stereocenters. The number of benzene rings is 1. The van der Waals surface area contributed by atoms with Gasteiger partial charge in [0.25, 0.3) is 10.1 Å². The molecule has 0 atom stereocenters. The largest absolute Gasteiger partial charge is 0.465 e. The minimum absolute atomic E-state index is 0.250. The second-order valence-corrected chi connectivity index (χ2v) is 8.15. The lowest BCUT2D eigenvalue weighted by Gasteiger charge is -2.29. The number of allylic oxidation sites excluding steroid dienone is 1. The van der Waals surface area contributed by atoms with Crippen LogP contribution in [0.5, 0.6) is 0 Å². The molecule has 7 heteroatoms. The first-order valence-corrected chi connectivity index (χ1v) is 9.68. The van der Waals surface area contributed by atoms with Crippen molar-refractivity contribution in [2.75, 3.05) is 24.7 Å². The first-order valence-electron chi connectivity index (χ1n) is 8.07. The molecule has 0 fully saturated rings. The van der Waals surface area contributed by atoms with Crippen molar-refractivity contribution in [1.82, 2.24) is 0 Å². The molecule has 0 aliphatic carbocycles. The highest BCUT2D eigenvalue weighted by Gasteiger charge is 2.26. The Morgan fingerprint density at radius 2 is 1.96 bits per heavy atom. The molecule has 1 aromatic rings. The summed E-state index contributed by atoms with van der Waals surface area (Å²) in [7, 11) is -2.58. The van der Waals surface area contributed by atoms with E-state index in [-0.39, 0.29) is 11.2 Å². The predicted octanol–water partition coefficient (Wildman–Crippen LogP) is 3.41. The lowest BCUT2D eigenvalue weighted by molar-refractivity contribution is 0.0600. The summed E-state index contributed by atoms with van der Waals surface area (Å²) in [6.07, 6.45) is 0.955. The number of hydrogen-bond donors (Lipinski definition) is 2. The van der Waals surface area contributed by atoms with E-state index < -0.39 is 16.1 Å². The molecule has 0 heterocycles. The van der Waals surface area contributed by atoms with E-state index >= 15 is 0 Å². The summed E-state index contributed by atoms with van der Waals surface area (Å²) >= 11 is 0. The van der Waals surface area contributed by atoms with E-state index in [1.165, 1.54) is 7.11 Å². The van der Waals surface area contributed by atoms with Crippen LogP contribution in [0.15, 0.2) is 30.4 Å². The van der Waals surface area contributed by atoms with E-state index in [4.69, 9.17) is 9.29 Å². The van der Waals surface area contributed by atoms with Crippen LogP contribution in [0, 0.1) is 0 Å². The number of rotatable bonds is 9. The van der Waals surface area contributed by atoms with Gasteiger partial charge in [0.2, 0.25) is 0 Å². The summed E-state index contributed by atoms with van der Waals surface area (Å²) < 4.78 is 35.0. The van der Waals surface area contributed by atoms with Gasteiger partial charge in [-0.05, 0) is 43.5 Å². The highest BCUT2D eigenvalue weighted by molar-refractivity contribution is 7.85. The van der Waals surface area contributed by atoms with Crippen molar-refractivity contribution in [3.8, 4) is 0 Å². The van der Waals surface area contributed by atoms with E-state index in [9.17, 15) is 13.2 Å². The van der Waals surface area contributed by atoms with Crippen LogP contribution in [-0.4, -0.2) is 38.3 Å². The number of unbranched alkanes of at least 4 members (excludes halogenated alkanes) is 1. The van der Waals surface area contributed by atoms with Crippen LogP contribution in [0.4, 0.5) is 5.69 Å². The van der Waals surface area contributed by atoms with Crippen molar-refractivity contribution in [3.05, 3.63) is 41.5 Å². The van der Waals surface area contributed by atoms with E-state index in [0.717, 1.165) is 16.8 Å². The van der Waals surface area contributed by atoms with E-state index in [1.54, 1.807) is 12.1 Å². The Kier molecular flexibility index (Phi) is 7.19. The Morgan fingerprint density at radius 3 is 2.48 bits per heavy atom. The Balaban J connectivity index is 2.98. The van der Waals surface area contributed by atoms with Crippen LogP contribution in [0.2, 0.25) is 0 Å². The van der Waals surface area contributed by atoms with E-state index in [1.807, 2.05) is 26.8 Å². The lowest BCUT2D eigenvalue weighted by Crippen LogP contribution is -2.21. The molecule has 0 amide bonds. The molecular weight excluding hydrogens is 342 g/mol. The predicted molar refractivity (Wildman–Crippen MR) is 99.8 cm³/mol. The van der Waals surface area contributed by atoms with Gasteiger partial charge in [0, 0.05) is 17.6 Å². The molecular formula is C18H27NO5S. The fraction of sp³-hybridized carbons (Fsp3) is 0.500. The highest BCUT2D eigenvalue weighted by atomic mass is 32.2. The highest BCUT2D eigenvalue weighted by Crippen LogP contribution is 2.36. The summed E-state index contributed by atoms with van der Waals surface area (Å²) in [5, 5.41) is 3.27. The van der Waals surface area contributed by atoms with E-state index in [0.29, 0.717) is 24.9 Å². The standard InChI is InChI=1S/C18H27NO5S/c1-13(2)18(3,4)15-12-14(17(20)24-5)8-9-16(15)19-10-6-7-11-25(21,22)23/h8-9,12,19H,1,6-7,10-11H2,2-5H3,(H,21,22,23). The number of nitrogens with one attached hydrogen (secondary N) is 1. The van der Waals surface area contributed by atoms with Crippen molar-refractivity contribution in [2.45, 2.75) is 39.0 Å². The molecule has 0 saturated heterocycles. The summed E-state index contributed by atoms with van der Waals surface area (Å²) in [5.74, 6) is -0.654. The van der Waals surface area contributed by atoms with Crippen molar-refractivity contribution >= 4 is 21.8 Å². The molecule has 0 bridgehead atoms. The Morgan fingerprint density at radius 1 is 1.32 bits per heavy atom. The number of ether oxygens (including phenoxy) is 1. The summed E-state index contributed by atoms with van der Waals surface area (Å²) in [6, 6.07) is 5.29. The number of carbonyl (C=O) groups excluding carboxylic acids is 1. The summed E-state index contributed by atoms with van der Waals surface area (Å²) in [5.41, 5.74) is 2.82. The molecule has 0 aliphatic heterocycles. The van der Waals surface area contributed by atoms with Gasteiger partial charge < -0.3 is 10.1 Å². The monoisotopic (exact) mass is 369 g/mol. The number of esters is 1. The zero-order valence-electron chi connectivity index (χ0n) is 15.3. The number of anilines is 1. The number of carbonyl (C=O) groups is 1. The third kappa shape index (κ3) is 6.17. The van der Waals surface area contributed by atoms with Gasteiger partial charge in [-0.2, -0.15) is 8.42 Å². The Hall–Kier alpha value is -1.86. The van der Waals surface area contributed by atoms with Crippen LogP contribution < -0.4 is 5.32 Å². The molecule has 2 N–H and O–H groups in total. The third-order valence-corrected chi connectivity index (χ3v) is 5.13. The molecule has 25 heavy (non-hydrogen) atoms. The van der Waals surface area contributed by atoms with Crippen LogP contribution in [0.3, 0.4) is 0 Å². The van der Waals surface area contributed by atoms with Crippen molar-refractivity contribution in [3.63, 3.8) is 0 Å². The summed E-state index contributed by atoms with van der Waals surface area (Å²) in [4.78, 5) is 11.8. The number of methoxy groups -OCH3 is 1. The molecule has 140 valence electrons. The average Bonchev–Trinajstić information content (AvgIpc) is 2.52. The Labute approximate surface area is 150 Å².